The highest BCUT2D eigenvalue weighted by Crippen LogP contribution is 2.33. The van der Waals surface area contributed by atoms with E-state index in [0.29, 0.717) is 10.4 Å². The molecule has 0 saturated carbocycles. The molecular weight excluding hydrogens is 261 g/mol. The molecule has 1 fully saturated rings. The van der Waals surface area contributed by atoms with Crippen LogP contribution in [-0.4, -0.2) is 20.2 Å². The molecule has 1 heterocycles. The molecule has 1 N–H and O–H groups in total. The van der Waals surface area contributed by atoms with Crippen LogP contribution in [0.5, 0.6) is 5.75 Å². The predicted octanol–water partition coefficient (Wildman–Crippen LogP) is 2.67. The van der Waals surface area contributed by atoms with Crippen LogP contribution in [0.25, 0.3) is 0 Å². The number of nitrogens with one attached hydrogen (secondary N) is 1. The third-order valence-corrected chi connectivity index (χ3v) is 3.35. The number of benzene rings is 1. The lowest BCUT2D eigenvalue weighted by atomic mass is 9.98. The van der Waals surface area contributed by atoms with Crippen LogP contribution in [0.2, 0.25) is 0 Å². The van der Waals surface area contributed by atoms with Gasteiger partial charge in [-0.25, -0.2) is 4.39 Å². The van der Waals surface area contributed by atoms with Crippen LogP contribution in [0.1, 0.15) is 17.9 Å². The summed E-state index contributed by atoms with van der Waals surface area (Å²) in [6, 6.07) is 3.51. The second-order valence-corrected chi connectivity index (χ2v) is 4.56. The minimum absolute atomic E-state index is 0.282. The van der Waals surface area contributed by atoms with Crippen LogP contribution < -0.4 is 10.1 Å². The third-order valence-electron chi connectivity index (χ3n) is 2.76. The lowest BCUT2D eigenvalue weighted by Crippen LogP contribution is -2.08. The number of hydrogen-bond donors (Lipinski definition) is 1. The molecule has 1 saturated heterocycles. The highest BCUT2D eigenvalue weighted by molar-refractivity contribution is 9.10. The Balaban J connectivity index is 2.33. The van der Waals surface area contributed by atoms with E-state index in [4.69, 9.17) is 4.74 Å². The zero-order chi connectivity index (χ0) is 10.8. The summed E-state index contributed by atoms with van der Waals surface area (Å²) in [4.78, 5) is 0. The predicted molar refractivity (Wildman–Crippen MR) is 60.9 cm³/mol. The summed E-state index contributed by atoms with van der Waals surface area (Å²) >= 11 is 3.32. The first-order chi connectivity index (χ1) is 7.22. The molecule has 1 unspecified atom stereocenters. The maximum absolute atomic E-state index is 13.6. The Labute approximate surface area is 96.9 Å². The average molecular weight is 274 g/mol. The fourth-order valence-electron chi connectivity index (χ4n) is 1.95. The van der Waals surface area contributed by atoms with Gasteiger partial charge in [-0.3, -0.25) is 0 Å². The van der Waals surface area contributed by atoms with E-state index in [0.717, 1.165) is 25.1 Å². The summed E-state index contributed by atoms with van der Waals surface area (Å²) in [5.74, 6) is 0.403. The Morgan fingerprint density at radius 1 is 1.53 bits per heavy atom. The largest absolute Gasteiger partial charge is 0.492 e. The molecule has 15 heavy (non-hydrogen) atoms. The Bertz CT molecular complexity index is 341. The quantitative estimate of drug-likeness (QED) is 0.895. The average Bonchev–Trinajstić information content (AvgIpc) is 2.69. The molecule has 1 atom stereocenters. The molecule has 1 aliphatic rings. The molecule has 0 aliphatic carbocycles. The van der Waals surface area contributed by atoms with Gasteiger partial charge in [0.15, 0.2) is 11.6 Å². The van der Waals surface area contributed by atoms with E-state index in [1.54, 1.807) is 6.07 Å². The van der Waals surface area contributed by atoms with Gasteiger partial charge in [0.05, 0.1) is 11.6 Å². The highest BCUT2D eigenvalue weighted by atomic mass is 79.9. The Morgan fingerprint density at radius 2 is 2.33 bits per heavy atom. The van der Waals surface area contributed by atoms with E-state index in [1.165, 1.54) is 7.11 Å². The van der Waals surface area contributed by atoms with Crippen molar-refractivity contribution >= 4 is 15.9 Å². The molecule has 2 rings (SSSR count). The van der Waals surface area contributed by atoms with Crippen LogP contribution in [0.15, 0.2) is 16.6 Å². The van der Waals surface area contributed by atoms with Crippen molar-refractivity contribution in [3.8, 4) is 5.75 Å². The smallest absolute Gasteiger partial charge is 0.168 e. The first kappa shape index (κ1) is 10.9. The van der Waals surface area contributed by atoms with E-state index in [2.05, 4.69) is 21.2 Å². The Hall–Kier alpha value is -0.610. The van der Waals surface area contributed by atoms with Gasteiger partial charge < -0.3 is 10.1 Å². The molecular formula is C11H13BrFNO. The maximum atomic E-state index is 13.6. The first-order valence-electron chi connectivity index (χ1n) is 4.96. The van der Waals surface area contributed by atoms with Crippen molar-refractivity contribution in [2.75, 3.05) is 20.2 Å². The normalized spacial score (nSPS) is 20.6. The van der Waals surface area contributed by atoms with Gasteiger partial charge in [0.2, 0.25) is 0 Å². The van der Waals surface area contributed by atoms with E-state index < -0.39 is 0 Å². The van der Waals surface area contributed by atoms with E-state index in [9.17, 15) is 4.39 Å². The molecule has 82 valence electrons. The summed E-state index contributed by atoms with van der Waals surface area (Å²) in [5, 5.41) is 3.27. The molecule has 0 radical (unpaired) electrons. The standard InChI is InChI=1S/C11H13BrFNO/c1-15-11-9(12)4-8(5-10(11)13)7-2-3-14-6-7/h4-5,7,14H,2-3,6H2,1H3. The number of rotatable bonds is 2. The fourth-order valence-corrected chi connectivity index (χ4v) is 2.56. The van der Waals surface area contributed by atoms with Gasteiger partial charge in [-0.15, -0.1) is 0 Å². The van der Waals surface area contributed by atoms with Crippen molar-refractivity contribution in [2.45, 2.75) is 12.3 Å². The van der Waals surface area contributed by atoms with Gasteiger partial charge in [-0.1, -0.05) is 0 Å². The number of halogens is 2. The van der Waals surface area contributed by atoms with Gasteiger partial charge in [0, 0.05) is 6.54 Å². The van der Waals surface area contributed by atoms with Gasteiger partial charge >= 0.3 is 0 Å². The first-order valence-corrected chi connectivity index (χ1v) is 5.75. The van der Waals surface area contributed by atoms with Crippen molar-refractivity contribution in [1.82, 2.24) is 5.32 Å². The van der Waals surface area contributed by atoms with Gasteiger partial charge in [0.25, 0.3) is 0 Å². The van der Waals surface area contributed by atoms with E-state index >= 15 is 0 Å². The minimum Gasteiger partial charge on any atom is -0.492 e. The molecule has 1 aromatic rings. The number of methoxy groups -OCH3 is 1. The van der Waals surface area contributed by atoms with Crippen molar-refractivity contribution in [3.63, 3.8) is 0 Å². The summed E-state index contributed by atoms with van der Waals surface area (Å²) in [6.07, 6.45) is 1.07. The minimum atomic E-state index is -0.297. The summed E-state index contributed by atoms with van der Waals surface area (Å²) in [6.45, 7) is 1.94. The second-order valence-electron chi connectivity index (χ2n) is 3.71. The molecule has 1 aromatic carbocycles. The number of ether oxygens (including phenoxy) is 1. The summed E-state index contributed by atoms with van der Waals surface area (Å²) < 4.78 is 19.2. The molecule has 2 nitrogen and oxygen atoms in total. The third kappa shape index (κ3) is 2.16. The van der Waals surface area contributed by atoms with Crippen molar-refractivity contribution in [3.05, 3.63) is 28.0 Å². The van der Waals surface area contributed by atoms with Crippen LogP contribution in [-0.2, 0) is 0 Å². The van der Waals surface area contributed by atoms with Crippen molar-refractivity contribution in [1.29, 1.82) is 0 Å². The van der Waals surface area contributed by atoms with Gasteiger partial charge in [0.1, 0.15) is 0 Å². The lowest BCUT2D eigenvalue weighted by Gasteiger charge is -2.12. The Morgan fingerprint density at radius 3 is 2.87 bits per heavy atom. The maximum Gasteiger partial charge on any atom is 0.168 e. The van der Waals surface area contributed by atoms with Gasteiger partial charge in [-0.2, -0.15) is 0 Å². The monoisotopic (exact) mass is 273 g/mol. The molecule has 4 heteroatoms. The molecule has 1 aliphatic heterocycles. The lowest BCUT2D eigenvalue weighted by molar-refractivity contribution is 0.383. The molecule has 0 aromatic heterocycles. The van der Waals surface area contributed by atoms with Crippen molar-refractivity contribution < 1.29 is 9.13 Å². The van der Waals surface area contributed by atoms with Gasteiger partial charge in [-0.05, 0) is 52.5 Å². The molecule has 0 bridgehead atoms. The van der Waals surface area contributed by atoms with Crippen LogP contribution in [0, 0.1) is 5.82 Å². The number of hydrogen-bond acceptors (Lipinski definition) is 2. The SMILES string of the molecule is COc1c(F)cc(C2CCNC2)cc1Br. The molecule has 0 amide bonds. The second kappa shape index (κ2) is 4.49. The van der Waals surface area contributed by atoms with E-state index in [1.807, 2.05) is 6.07 Å². The summed E-state index contributed by atoms with van der Waals surface area (Å²) in [7, 11) is 1.47. The Kier molecular flexibility index (Phi) is 3.26. The van der Waals surface area contributed by atoms with E-state index in [-0.39, 0.29) is 11.6 Å². The zero-order valence-corrected chi connectivity index (χ0v) is 10.1. The van der Waals surface area contributed by atoms with Crippen LogP contribution >= 0.6 is 15.9 Å². The summed E-state index contributed by atoms with van der Waals surface area (Å²) in [5.41, 5.74) is 1.03. The fraction of sp³-hybridized carbons (Fsp3) is 0.455. The topological polar surface area (TPSA) is 21.3 Å². The van der Waals surface area contributed by atoms with Crippen LogP contribution in [0.4, 0.5) is 4.39 Å². The molecule has 0 spiro atoms. The highest BCUT2D eigenvalue weighted by Gasteiger charge is 2.19. The zero-order valence-electron chi connectivity index (χ0n) is 8.52. The van der Waals surface area contributed by atoms with Crippen LogP contribution in [0.3, 0.4) is 0 Å². The van der Waals surface area contributed by atoms with Crippen molar-refractivity contribution in [2.24, 2.45) is 0 Å².